The number of thiophene rings is 1. The molecule has 0 aliphatic heterocycles. The van der Waals surface area contributed by atoms with Gasteiger partial charge in [-0.25, -0.2) is 4.98 Å². The topological polar surface area (TPSA) is 53.4 Å². The Kier molecular flexibility index (Phi) is 4.64. The van der Waals surface area contributed by atoms with Gasteiger partial charge < -0.3 is 10.0 Å². The van der Waals surface area contributed by atoms with Crippen LogP contribution in [0.4, 0.5) is 13.2 Å². The van der Waals surface area contributed by atoms with E-state index in [0.717, 1.165) is 10.5 Å². The third-order valence-corrected chi connectivity index (χ3v) is 4.24. The quantitative estimate of drug-likeness (QED) is 0.934. The highest BCUT2D eigenvalue weighted by atomic mass is 32.1. The summed E-state index contributed by atoms with van der Waals surface area (Å²) in [6.07, 6.45) is -7.32. The van der Waals surface area contributed by atoms with Gasteiger partial charge in [-0.3, -0.25) is 4.79 Å². The molecule has 21 heavy (non-hydrogen) atoms. The molecule has 2 heterocycles. The van der Waals surface area contributed by atoms with E-state index in [4.69, 9.17) is 5.11 Å². The lowest BCUT2D eigenvalue weighted by Gasteiger charge is -2.21. The summed E-state index contributed by atoms with van der Waals surface area (Å²) in [5.41, 5.74) is 0.931. The van der Waals surface area contributed by atoms with Crippen molar-refractivity contribution in [2.24, 2.45) is 0 Å². The number of aliphatic hydroxyl groups is 1. The molecule has 0 aliphatic carbocycles. The maximum absolute atomic E-state index is 12.3. The number of thiazole rings is 1. The first-order chi connectivity index (χ1) is 9.79. The van der Waals surface area contributed by atoms with Gasteiger partial charge in [-0.2, -0.15) is 24.5 Å². The largest absolute Gasteiger partial charge is 0.416 e. The summed E-state index contributed by atoms with van der Waals surface area (Å²) in [5.74, 6) is -0.656. The second-order valence-electron chi connectivity index (χ2n) is 4.29. The van der Waals surface area contributed by atoms with Gasteiger partial charge in [0.25, 0.3) is 5.91 Å². The lowest BCUT2D eigenvalue weighted by atomic mass is 10.3. The lowest BCUT2D eigenvalue weighted by Crippen LogP contribution is -2.41. The number of rotatable bonds is 4. The van der Waals surface area contributed by atoms with Gasteiger partial charge in [0.2, 0.25) is 0 Å². The zero-order valence-corrected chi connectivity index (χ0v) is 12.4. The summed E-state index contributed by atoms with van der Waals surface area (Å²) in [5, 5.41) is 14.8. The third kappa shape index (κ3) is 3.80. The van der Waals surface area contributed by atoms with Crippen molar-refractivity contribution in [2.45, 2.75) is 12.3 Å². The van der Waals surface area contributed by atoms with Crippen LogP contribution >= 0.6 is 22.7 Å². The summed E-state index contributed by atoms with van der Waals surface area (Å²) < 4.78 is 36.8. The van der Waals surface area contributed by atoms with Gasteiger partial charge in [0, 0.05) is 23.4 Å². The highest BCUT2D eigenvalue weighted by Gasteiger charge is 2.39. The summed E-state index contributed by atoms with van der Waals surface area (Å²) in [4.78, 5) is 16.9. The second-order valence-corrected chi connectivity index (χ2v) is 5.93. The van der Waals surface area contributed by atoms with Crippen molar-refractivity contribution in [3.8, 4) is 10.6 Å². The van der Waals surface area contributed by atoms with Crippen LogP contribution in [0.25, 0.3) is 10.6 Å². The fourth-order valence-corrected chi connectivity index (χ4v) is 3.04. The molecule has 114 valence electrons. The number of likely N-dealkylation sites (N-methyl/N-ethyl adjacent to an activating group) is 1. The highest BCUT2D eigenvalue weighted by molar-refractivity contribution is 7.14. The Morgan fingerprint density at radius 1 is 1.48 bits per heavy atom. The number of aromatic nitrogens is 1. The lowest BCUT2D eigenvalue weighted by molar-refractivity contribution is -0.205. The number of halogens is 3. The molecule has 0 fully saturated rings. The van der Waals surface area contributed by atoms with Crippen LogP contribution in [0.2, 0.25) is 0 Å². The molecule has 0 saturated heterocycles. The molecule has 0 radical (unpaired) electrons. The number of hydrogen-bond donors (Lipinski definition) is 1. The molecule has 0 aromatic carbocycles. The number of carbonyl (C=O) groups excluding carboxylic acids is 1. The monoisotopic (exact) mass is 336 g/mol. The molecule has 1 atom stereocenters. The SMILES string of the molecule is CN(CC(O)C(F)(F)F)C(=O)c1csc(-c2ccsc2)n1. The van der Waals surface area contributed by atoms with Crippen LogP contribution in [0.1, 0.15) is 10.5 Å². The Bertz CT molecular complexity index is 610. The number of alkyl halides is 3. The summed E-state index contributed by atoms with van der Waals surface area (Å²) in [6.45, 7) is -0.826. The van der Waals surface area contributed by atoms with E-state index >= 15 is 0 Å². The van der Waals surface area contributed by atoms with Crippen LogP contribution in [0, 0.1) is 0 Å². The molecule has 2 aromatic heterocycles. The van der Waals surface area contributed by atoms with Crippen molar-refractivity contribution in [1.82, 2.24) is 9.88 Å². The van der Waals surface area contributed by atoms with E-state index in [1.807, 2.05) is 16.8 Å². The first-order valence-electron chi connectivity index (χ1n) is 5.77. The van der Waals surface area contributed by atoms with Crippen LogP contribution in [-0.4, -0.2) is 46.8 Å². The molecular weight excluding hydrogens is 325 g/mol. The first-order valence-corrected chi connectivity index (χ1v) is 7.59. The van der Waals surface area contributed by atoms with E-state index in [2.05, 4.69) is 4.98 Å². The van der Waals surface area contributed by atoms with Crippen molar-refractivity contribution in [1.29, 1.82) is 0 Å². The minimum atomic E-state index is -4.75. The standard InChI is InChI=1S/C12H11F3N2O2S2/c1-17(4-9(18)12(13,14)15)11(19)8-6-21-10(16-8)7-2-3-20-5-7/h2-3,5-6,9,18H,4H2,1H3. The Morgan fingerprint density at radius 2 is 2.19 bits per heavy atom. The summed E-state index contributed by atoms with van der Waals surface area (Å²) >= 11 is 2.72. The van der Waals surface area contributed by atoms with Crippen molar-refractivity contribution >= 4 is 28.6 Å². The smallest absolute Gasteiger partial charge is 0.382 e. The molecule has 1 unspecified atom stereocenters. The molecule has 0 spiro atoms. The van der Waals surface area contributed by atoms with E-state index in [-0.39, 0.29) is 5.69 Å². The minimum Gasteiger partial charge on any atom is -0.382 e. The number of hydrogen-bond acceptors (Lipinski definition) is 5. The number of nitrogens with zero attached hydrogens (tertiary/aromatic N) is 2. The Morgan fingerprint density at radius 3 is 2.76 bits per heavy atom. The van der Waals surface area contributed by atoms with Crippen molar-refractivity contribution in [3.05, 3.63) is 27.9 Å². The molecule has 0 saturated carbocycles. The first kappa shape index (κ1) is 15.9. The van der Waals surface area contributed by atoms with Gasteiger partial charge in [0.15, 0.2) is 6.10 Å². The molecule has 1 N–H and O–H groups in total. The molecule has 9 heteroatoms. The predicted octanol–water partition coefficient (Wildman–Crippen LogP) is 2.87. The normalized spacial score (nSPS) is 13.2. The van der Waals surface area contributed by atoms with Crippen LogP contribution in [-0.2, 0) is 0 Å². The fraction of sp³-hybridized carbons (Fsp3) is 0.333. The highest BCUT2D eigenvalue weighted by Crippen LogP contribution is 2.26. The zero-order valence-electron chi connectivity index (χ0n) is 10.8. The van der Waals surface area contributed by atoms with Crippen molar-refractivity contribution < 1.29 is 23.1 Å². The zero-order chi connectivity index (χ0) is 15.6. The maximum atomic E-state index is 12.3. The van der Waals surface area contributed by atoms with E-state index in [0.29, 0.717) is 5.01 Å². The van der Waals surface area contributed by atoms with Gasteiger partial charge in [-0.05, 0) is 11.4 Å². The molecule has 0 bridgehead atoms. The van der Waals surface area contributed by atoms with E-state index < -0.39 is 24.7 Å². The van der Waals surface area contributed by atoms with Crippen LogP contribution in [0.15, 0.2) is 22.2 Å². The van der Waals surface area contributed by atoms with Crippen LogP contribution in [0.3, 0.4) is 0 Å². The molecule has 2 rings (SSSR count). The Balaban J connectivity index is 2.06. The van der Waals surface area contributed by atoms with Crippen molar-refractivity contribution in [2.75, 3.05) is 13.6 Å². The molecule has 0 aliphatic rings. The van der Waals surface area contributed by atoms with Crippen LogP contribution in [0.5, 0.6) is 0 Å². The fourth-order valence-electron chi connectivity index (χ4n) is 1.53. The average molecular weight is 336 g/mol. The van der Waals surface area contributed by atoms with E-state index in [9.17, 15) is 18.0 Å². The Labute approximate surface area is 126 Å². The molecule has 2 aromatic rings. The van der Waals surface area contributed by atoms with Gasteiger partial charge in [-0.1, -0.05) is 0 Å². The maximum Gasteiger partial charge on any atom is 0.416 e. The summed E-state index contributed by atoms with van der Waals surface area (Å²) in [6, 6.07) is 1.84. The van der Waals surface area contributed by atoms with Gasteiger partial charge in [0.1, 0.15) is 10.7 Å². The number of carbonyl (C=O) groups is 1. The average Bonchev–Trinajstić information content (AvgIpc) is 3.07. The Hall–Kier alpha value is -1.45. The predicted molar refractivity (Wildman–Crippen MR) is 74.4 cm³/mol. The van der Waals surface area contributed by atoms with Gasteiger partial charge in [0.05, 0.1) is 6.54 Å². The molecule has 1 amide bonds. The minimum absolute atomic E-state index is 0.0677. The number of aliphatic hydroxyl groups excluding tert-OH is 1. The molecule has 4 nitrogen and oxygen atoms in total. The van der Waals surface area contributed by atoms with Gasteiger partial charge >= 0.3 is 6.18 Å². The van der Waals surface area contributed by atoms with Crippen molar-refractivity contribution in [3.63, 3.8) is 0 Å². The van der Waals surface area contributed by atoms with Crippen LogP contribution < -0.4 is 0 Å². The van der Waals surface area contributed by atoms with Gasteiger partial charge in [-0.15, -0.1) is 11.3 Å². The number of amides is 1. The summed E-state index contributed by atoms with van der Waals surface area (Å²) in [7, 11) is 1.20. The third-order valence-electron chi connectivity index (χ3n) is 2.66. The van der Waals surface area contributed by atoms with E-state index in [1.54, 1.807) is 0 Å². The second kappa shape index (κ2) is 6.12. The molecular formula is C12H11F3N2O2S2. The van der Waals surface area contributed by atoms with E-state index in [1.165, 1.54) is 35.1 Å².